The highest BCUT2D eigenvalue weighted by Crippen LogP contribution is 2.24. The van der Waals surface area contributed by atoms with E-state index in [1.807, 2.05) is 0 Å². The van der Waals surface area contributed by atoms with Crippen LogP contribution >= 0.6 is 0 Å². The number of carbonyl (C=O) groups is 2. The molecule has 0 saturated heterocycles. The van der Waals surface area contributed by atoms with E-state index in [0.717, 1.165) is 110 Å². The number of rotatable bonds is 46. The third-order valence-corrected chi connectivity index (χ3v) is 12.0. The predicted octanol–water partition coefficient (Wildman–Crippen LogP) is 13.9. The first kappa shape index (κ1) is 55.8. The number of hydrogen-bond acceptors (Lipinski definition) is 6. The summed E-state index contributed by atoms with van der Waals surface area (Å²) >= 11 is 0. The SMILES string of the molecule is CCCCCCCCC(CCCCCC)C(=O)OCCCCCCN(CCCCCCOC(O)C(CCCCCC)CCCCCCCC)CCCCNC(C)=O. The van der Waals surface area contributed by atoms with Crippen LogP contribution in [0.1, 0.15) is 253 Å². The van der Waals surface area contributed by atoms with E-state index >= 15 is 0 Å². The summed E-state index contributed by atoms with van der Waals surface area (Å²) in [6.45, 7) is 15.9. The summed E-state index contributed by atoms with van der Waals surface area (Å²) in [4.78, 5) is 26.9. The minimum absolute atomic E-state index is 0.0506. The van der Waals surface area contributed by atoms with E-state index in [2.05, 4.69) is 37.9 Å². The molecule has 7 nitrogen and oxygen atoms in total. The summed E-state index contributed by atoms with van der Waals surface area (Å²) in [5.74, 6) is 0.469. The first-order valence-electron chi connectivity index (χ1n) is 25.3. The Kier molecular flexibility index (Phi) is 43.5. The fourth-order valence-corrected chi connectivity index (χ4v) is 8.09. The lowest BCUT2D eigenvalue weighted by molar-refractivity contribution is -0.149. The zero-order valence-electron chi connectivity index (χ0n) is 39.0. The number of ether oxygens (including phenoxy) is 2. The van der Waals surface area contributed by atoms with Crippen molar-refractivity contribution in [2.24, 2.45) is 11.8 Å². The molecule has 3 atom stereocenters. The lowest BCUT2D eigenvalue weighted by Crippen LogP contribution is -2.28. The van der Waals surface area contributed by atoms with Gasteiger partial charge in [-0.15, -0.1) is 0 Å². The maximum absolute atomic E-state index is 13.0. The van der Waals surface area contributed by atoms with E-state index < -0.39 is 6.29 Å². The van der Waals surface area contributed by atoms with Crippen LogP contribution in [0.25, 0.3) is 0 Å². The zero-order valence-corrected chi connectivity index (χ0v) is 39.0. The van der Waals surface area contributed by atoms with Crippen LogP contribution in [0.5, 0.6) is 0 Å². The number of aliphatic hydroxyl groups is 1. The van der Waals surface area contributed by atoms with E-state index in [-0.39, 0.29) is 23.7 Å². The molecule has 57 heavy (non-hydrogen) atoms. The largest absolute Gasteiger partial charge is 0.465 e. The smallest absolute Gasteiger partial charge is 0.308 e. The van der Waals surface area contributed by atoms with Crippen LogP contribution in [0.15, 0.2) is 0 Å². The van der Waals surface area contributed by atoms with Gasteiger partial charge in [-0.05, 0) is 83.8 Å². The molecule has 0 rings (SSSR count). The Morgan fingerprint density at radius 3 is 1.37 bits per heavy atom. The Labute approximate surface area is 355 Å². The van der Waals surface area contributed by atoms with Crippen molar-refractivity contribution in [1.82, 2.24) is 10.2 Å². The average Bonchev–Trinajstić information content (AvgIpc) is 3.20. The molecular weight excluding hydrogens is 709 g/mol. The van der Waals surface area contributed by atoms with Gasteiger partial charge in [0.2, 0.25) is 5.91 Å². The predicted molar refractivity (Wildman–Crippen MR) is 245 cm³/mol. The van der Waals surface area contributed by atoms with E-state index in [0.29, 0.717) is 13.2 Å². The van der Waals surface area contributed by atoms with E-state index in [1.54, 1.807) is 6.92 Å². The number of carbonyl (C=O) groups excluding carboxylic acids is 2. The zero-order chi connectivity index (χ0) is 41.9. The van der Waals surface area contributed by atoms with Gasteiger partial charge >= 0.3 is 5.97 Å². The second-order valence-electron chi connectivity index (χ2n) is 17.6. The van der Waals surface area contributed by atoms with Crippen LogP contribution in [-0.4, -0.2) is 67.6 Å². The Morgan fingerprint density at radius 2 is 0.877 bits per heavy atom. The highest BCUT2D eigenvalue weighted by Gasteiger charge is 2.20. The van der Waals surface area contributed by atoms with Crippen molar-refractivity contribution in [2.45, 2.75) is 259 Å². The number of hydrogen-bond donors (Lipinski definition) is 2. The van der Waals surface area contributed by atoms with Crippen LogP contribution in [0.3, 0.4) is 0 Å². The maximum atomic E-state index is 13.0. The highest BCUT2D eigenvalue weighted by atomic mass is 16.6. The minimum Gasteiger partial charge on any atom is -0.465 e. The van der Waals surface area contributed by atoms with Crippen molar-refractivity contribution in [3.63, 3.8) is 0 Å². The van der Waals surface area contributed by atoms with Gasteiger partial charge in [0, 0.05) is 26.0 Å². The first-order valence-corrected chi connectivity index (χ1v) is 25.3. The number of nitrogens with zero attached hydrogens (tertiary/aromatic N) is 1. The van der Waals surface area contributed by atoms with Gasteiger partial charge in [0.1, 0.15) is 0 Å². The second-order valence-corrected chi connectivity index (χ2v) is 17.6. The Morgan fingerprint density at radius 1 is 0.491 bits per heavy atom. The fourth-order valence-electron chi connectivity index (χ4n) is 8.09. The molecule has 7 heteroatoms. The molecule has 0 fully saturated rings. The normalized spacial score (nSPS) is 13.2. The van der Waals surface area contributed by atoms with Gasteiger partial charge in [0.05, 0.1) is 12.5 Å². The van der Waals surface area contributed by atoms with Crippen molar-refractivity contribution < 1.29 is 24.2 Å². The summed E-state index contributed by atoms with van der Waals surface area (Å²) in [6, 6.07) is 0. The molecule has 0 bridgehead atoms. The molecule has 0 aliphatic carbocycles. The average molecular weight is 809 g/mol. The molecular formula is C50H100N2O5. The van der Waals surface area contributed by atoms with E-state index in [1.165, 1.54) is 135 Å². The van der Waals surface area contributed by atoms with Gasteiger partial charge in [-0.2, -0.15) is 0 Å². The van der Waals surface area contributed by atoms with Crippen LogP contribution in [0.2, 0.25) is 0 Å². The number of esters is 1. The number of amides is 1. The van der Waals surface area contributed by atoms with E-state index in [4.69, 9.17) is 9.47 Å². The Balaban J connectivity index is 4.54. The molecule has 0 aromatic carbocycles. The van der Waals surface area contributed by atoms with Gasteiger partial charge in [0.15, 0.2) is 6.29 Å². The van der Waals surface area contributed by atoms with Crippen molar-refractivity contribution in [3.8, 4) is 0 Å². The van der Waals surface area contributed by atoms with Gasteiger partial charge in [-0.3, -0.25) is 9.59 Å². The summed E-state index contributed by atoms with van der Waals surface area (Å²) in [6.07, 6.45) is 39.8. The summed E-state index contributed by atoms with van der Waals surface area (Å²) < 4.78 is 11.9. The Bertz CT molecular complexity index is 842. The molecule has 0 radical (unpaired) electrons. The van der Waals surface area contributed by atoms with Crippen LogP contribution in [0, 0.1) is 11.8 Å². The molecule has 340 valence electrons. The van der Waals surface area contributed by atoms with E-state index in [9.17, 15) is 14.7 Å². The van der Waals surface area contributed by atoms with Crippen LogP contribution < -0.4 is 5.32 Å². The van der Waals surface area contributed by atoms with Gasteiger partial charge in [-0.25, -0.2) is 0 Å². The third-order valence-electron chi connectivity index (χ3n) is 12.0. The fraction of sp³-hybridized carbons (Fsp3) is 0.960. The molecule has 0 saturated carbocycles. The summed E-state index contributed by atoms with van der Waals surface area (Å²) in [7, 11) is 0. The quantitative estimate of drug-likeness (QED) is 0.0362. The second kappa shape index (κ2) is 44.4. The number of unbranched alkanes of at least 4 members (excludes halogenated alkanes) is 23. The molecule has 2 N–H and O–H groups in total. The van der Waals surface area contributed by atoms with Gasteiger partial charge in [0.25, 0.3) is 0 Å². The molecule has 0 aromatic rings. The minimum atomic E-state index is -0.616. The standard InChI is InChI=1S/C50H100N2O5/c1-6-10-14-18-20-28-38-47(36-26-16-12-8-3)49(54)56-44-34-24-22-31-41-52(43-33-30-40-51-46(5)53)42-32-23-25-35-45-57-50(55)48(37-27-17-13-9-4)39-29-21-19-15-11-7-2/h47-49,54H,6-45H2,1-5H3,(H,51,53). The third kappa shape index (κ3) is 38.8. The summed E-state index contributed by atoms with van der Waals surface area (Å²) in [5, 5.41) is 13.9. The molecule has 0 heterocycles. The molecule has 0 aromatic heterocycles. The van der Waals surface area contributed by atoms with Gasteiger partial charge < -0.3 is 24.8 Å². The summed E-state index contributed by atoms with van der Waals surface area (Å²) in [5.41, 5.74) is 0. The van der Waals surface area contributed by atoms with Crippen molar-refractivity contribution in [2.75, 3.05) is 39.4 Å². The Hall–Kier alpha value is -1.18. The van der Waals surface area contributed by atoms with Crippen LogP contribution in [0.4, 0.5) is 0 Å². The highest BCUT2D eigenvalue weighted by molar-refractivity contribution is 5.72. The van der Waals surface area contributed by atoms with Gasteiger partial charge in [-0.1, -0.05) is 182 Å². The molecule has 3 unspecified atom stereocenters. The molecule has 0 spiro atoms. The maximum Gasteiger partial charge on any atom is 0.308 e. The van der Waals surface area contributed by atoms with Crippen LogP contribution in [-0.2, 0) is 19.1 Å². The monoisotopic (exact) mass is 809 g/mol. The lowest BCUT2D eigenvalue weighted by atomic mass is 9.93. The number of nitrogens with one attached hydrogen (secondary N) is 1. The number of aliphatic hydroxyl groups excluding tert-OH is 1. The first-order chi connectivity index (χ1) is 27.9. The van der Waals surface area contributed by atoms with Crippen molar-refractivity contribution in [1.29, 1.82) is 0 Å². The molecule has 0 aliphatic rings. The lowest BCUT2D eigenvalue weighted by Gasteiger charge is -2.24. The molecule has 0 aliphatic heterocycles. The molecule has 1 amide bonds. The van der Waals surface area contributed by atoms with Crippen molar-refractivity contribution in [3.05, 3.63) is 0 Å². The van der Waals surface area contributed by atoms with Crippen molar-refractivity contribution >= 4 is 11.9 Å². The topological polar surface area (TPSA) is 88.1 Å².